The number of aliphatic carboxylic acids is 1. The van der Waals surface area contributed by atoms with Crippen molar-refractivity contribution in [1.29, 1.82) is 0 Å². The number of unbranched alkanes of at least 4 members (excludes halogenated alkanes) is 1. The number of hydrogen-bond acceptors (Lipinski definition) is 3. The molecule has 0 bridgehead atoms. The average Bonchev–Trinajstić information content (AvgIpc) is 2.70. The summed E-state index contributed by atoms with van der Waals surface area (Å²) in [5.41, 5.74) is 1.59. The topological polar surface area (TPSA) is 107 Å². The van der Waals surface area contributed by atoms with Crippen molar-refractivity contribution in [3.8, 4) is 0 Å². The van der Waals surface area contributed by atoms with Crippen molar-refractivity contribution >= 4 is 25.1 Å². The Morgan fingerprint density at radius 3 is 2.21 bits per heavy atom. The number of amides is 1. The van der Waals surface area contributed by atoms with Crippen LogP contribution in [0.5, 0.6) is 0 Å². The molecule has 0 aliphatic rings. The standard InChI is InChI=1S/C21H27N2O5P/c1-17(21(26)23(16-20(24)25)19-13-6-3-7-14-19)22-29(27,28)15-9-8-12-18-10-4-2-5-11-18/h2-7,10-11,13-14,17H,8-9,12,15-16H2,1H3,(H,24,25)(H2,22,27,28)/t17-/m0/s1. The zero-order valence-corrected chi connectivity index (χ0v) is 17.3. The van der Waals surface area contributed by atoms with E-state index >= 15 is 0 Å². The molecule has 0 aliphatic heterocycles. The van der Waals surface area contributed by atoms with E-state index in [1.54, 1.807) is 30.3 Å². The Balaban J connectivity index is 1.91. The molecule has 0 fully saturated rings. The summed E-state index contributed by atoms with van der Waals surface area (Å²) in [6, 6.07) is 17.3. The van der Waals surface area contributed by atoms with Gasteiger partial charge >= 0.3 is 5.97 Å². The fourth-order valence-electron chi connectivity index (χ4n) is 3.00. The summed E-state index contributed by atoms with van der Waals surface area (Å²) >= 11 is 0. The van der Waals surface area contributed by atoms with Gasteiger partial charge in [0.15, 0.2) is 0 Å². The van der Waals surface area contributed by atoms with Gasteiger partial charge in [0, 0.05) is 11.8 Å². The summed E-state index contributed by atoms with van der Waals surface area (Å²) < 4.78 is 12.5. The maximum atomic E-state index is 12.7. The van der Waals surface area contributed by atoms with Gasteiger partial charge < -0.3 is 10.00 Å². The maximum Gasteiger partial charge on any atom is 0.323 e. The lowest BCUT2D eigenvalue weighted by molar-refractivity contribution is -0.136. The lowest BCUT2D eigenvalue weighted by Crippen LogP contribution is -2.46. The number of aryl methyl sites for hydroxylation is 1. The Morgan fingerprint density at radius 2 is 1.62 bits per heavy atom. The van der Waals surface area contributed by atoms with Gasteiger partial charge in [-0.2, -0.15) is 0 Å². The van der Waals surface area contributed by atoms with Crippen molar-refractivity contribution < 1.29 is 24.2 Å². The van der Waals surface area contributed by atoms with E-state index in [9.17, 15) is 19.0 Å². The third-order valence-electron chi connectivity index (χ3n) is 4.41. The first kappa shape index (κ1) is 22.8. The number of carboxylic acid groups (broad SMARTS) is 1. The minimum Gasteiger partial charge on any atom is -0.480 e. The lowest BCUT2D eigenvalue weighted by atomic mass is 10.1. The molecular formula is C21H27N2O5P. The van der Waals surface area contributed by atoms with Crippen LogP contribution >= 0.6 is 7.52 Å². The van der Waals surface area contributed by atoms with Crippen LogP contribution in [0, 0.1) is 0 Å². The van der Waals surface area contributed by atoms with Crippen LogP contribution in [0.2, 0.25) is 0 Å². The molecule has 2 aromatic rings. The minimum atomic E-state index is -3.73. The van der Waals surface area contributed by atoms with Crippen LogP contribution in [0.4, 0.5) is 5.69 Å². The lowest BCUT2D eigenvalue weighted by Gasteiger charge is -2.26. The van der Waals surface area contributed by atoms with E-state index in [4.69, 9.17) is 5.11 Å². The molecule has 0 aliphatic carbocycles. The van der Waals surface area contributed by atoms with Crippen LogP contribution in [0.25, 0.3) is 0 Å². The van der Waals surface area contributed by atoms with Crippen LogP contribution in [-0.2, 0) is 20.6 Å². The van der Waals surface area contributed by atoms with E-state index in [-0.39, 0.29) is 6.16 Å². The number of carbonyl (C=O) groups excluding carboxylic acids is 1. The van der Waals surface area contributed by atoms with Crippen molar-refractivity contribution in [3.05, 3.63) is 66.2 Å². The zero-order valence-electron chi connectivity index (χ0n) is 16.4. The van der Waals surface area contributed by atoms with Crippen LogP contribution in [0.3, 0.4) is 0 Å². The van der Waals surface area contributed by atoms with Crippen molar-refractivity contribution in [2.45, 2.75) is 32.2 Å². The van der Waals surface area contributed by atoms with Gasteiger partial charge in [-0.25, -0.2) is 5.09 Å². The van der Waals surface area contributed by atoms with Gasteiger partial charge in [0.2, 0.25) is 5.91 Å². The van der Waals surface area contributed by atoms with Crippen molar-refractivity contribution in [2.24, 2.45) is 0 Å². The van der Waals surface area contributed by atoms with Gasteiger partial charge in [-0.15, -0.1) is 0 Å². The van der Waals surface area contributed by atoms with Gasteiger partial charge in [0.25, 0.3) is 7.52 Å². The molecule has 1 amide bonds. The smallest absolute Gasteiger partial charge is 0.323 e. The van der Waals surface area contributed by atoms with Crippen LogP contribution in [0.15, 0.2) is 60.7 Å². The molecule has 3 N–H and O–H groups in total. The Bertz CT molecular complexity index is 845. The third kappa shape index (κ3) is 7.81. The van der Waals surface area contributed by atoms with Crippen LogP contribution in [0.1, 0.15) is 25.3 Å². The monoisotopic (exact) mass is 418 g/mol. The number of carbonyl (C=O) groups is 2. The van der Waals surface area contributed by atoms with Crippen molar-refractivity contribution in [2.75, 3.05) is 17.6 Å². The fourth-order valence-corrected chi connectivity index (χ4v) is 4.49. The van der Waals surface area contributed by atoms with E-state index in [0.29, 0.717) is 12.1 Å². The summed E-state index contributed by atoms with van der Waals surface area (Å²) in [6.45, 7) is 0.939. The quantitative estimate of drug-likeness (QED) is 0.382. The highest BCUT2D eigenvalue weighted by molar-refractivity contribution is 7.55. The molecule has 8 heteroatoms. The SMILES string of the molecule is C[C@H](NP(=O)(O)CCCCc1ccccc1)C(=O)N(CC(=O)O)c1ccccc1. The molecule has 7 nitrogen and oxygen atoms in total. The Morgan fingerprint density at radius 1 is 1.03 bits per heavy atom. The number of nitrogens with one attached hydrogen (secondary N) is 1. The molecule has 0 saturated heterocycles. The molecule has 1 unspecified atom stereocenters. The van der Waals surface area contributed by atoms with E-state index < -0.39 is 32.0 Å². The highest BCUT2D eigenvalue weighted by atomic mass is 31.2. The average molecular weight is 418 g/mol. The number of anilines is 1. The number of nitrogens with zero attached hydrogens (tertiary/aromatic N) is 1. The second-order valence-corrected chi connectivity index (χ2v) is 8.98. The highest BCUT2D eigenvalue weighted by Gasteiger charge is 2.29. The van der Waals surface area contributed by atoms with Gasteiger partial charge in [-0.1, -0.05) is 48.5 Å². The molecular weight excluding hydrogens is 391 g/mol. The highest BCUT2D eigenvalue weighted by Crippen LogP contribution is 2.37. The first-order valence-electron chi connectivity index (χ1n) is 9.50. The van der Waals surface area contributed by atoms with E-state index in [1.165, 1.54) is 12.5 Å². The first-order chi connectivity index (χ1) is 13.8. The maximum absolute atomic E-state index is 12.7. The predicted molar refractivity (Wildman–Crippen MR) is 113 cm³/mol. The third-order valence-corrected chi connectivity index (χ3v) is 6.13. The summed E-state index contributed by atoms with van der Waals surface area (Å²) in [6.07, 6.45) is 2.15. The zero-order chi connectivity index (χ0) is 21.3. The summed E-state index contributed by atoms with van der Waals surface area (Å²) in [5, 5.41) is 11.6. The first-order valence-corrected chi connectivity index (χ1v) is 11.3. The van der Waals surface area contributed by atoms with E-state index in [0.717, 1.165) is 17.7 Å². The summed E-state index contributed by atoms with van der Waals surface area (Å²) in [7, 11) is -3.73. The number of para-hydroxylation sites is 1. The number of carboxylic acids is 1. The largest absolute Gasteiger partial charge is 0.480 e. The second-order valence-electron chi connectivity index (χ2n) is 6.87. The molecule has 2 atom stereocenters. The number of hydrogen-bond donors (Lipinski definition) is 3. The molecule has 2 aromatic carbocycles. The molecule has 0 radical (unpaired) electrons. The van der Waals surface area contributed by atoms with Crippen molar-refractivity contribution in [1.82, 2.24) is 5.09 Å². The molecule has 156 valence electrons. The Kier molecular flexibility index (Phi) is 8.58. The van der Waals surface area contributed by atoms with Gasteiger partial charge in [0.05, 0.1) is 6.04 Å². The fraction of sp³-hybridized carbons (Fsp3) is 0.333. The molecule has 2 rings (SSSR count). The molecule has 0 saturated carbocycles. The van der Waals surface area contributed by atoms with Gasteiger partial charge in [0.1, 0.15) is 6.54 Å². The van der Waals surface area contributed by atoms with E-state index in [2.05, 4.69) is 5.09 Å². The second kappa shape index (κ2) is 10.9. The Labute approximate surface area is 170 Å². The molecule has 0 aromatic heterocycles. The predicted octanol–water partition coefficient (Wildman–Crippen LogP) is 3.29. The van der Waals surface area contributed by atoms with Gasteiger partial charge in [-0.05, 0) is 43.9 Å². The molecule has 0 spiro atoms. The number of benzene rings is 2. The van der Waals surface area contributed by atoms with Crippen LogP contribution in [-0.4, -0.2) is 40.6 Å². The molecule has 0 heterocycles. The Hall–Kier alpha value is -2.47. The molecule has 29 heavy (non-hydrogen) atoms. The van der Waals surface area contributed by atoms with Crippen LogP contribution < -0.4 is 9.99 Å². The summed E-state index contributed by atoms with van der Waals surface area (Å²) in [5.74, 6) is -1.74. The minimum absolute atomic E-state index is 0.0434. The number of rotatable bonds is 11. The van der Waals surface area contributed by atoms with Gasteiger partial charge in [-0.3, -0.25) is 19.1 Å². The van der Waals surface area contributed by atoms with E-state index in [1.807, 2.05) is 30.3 Å². The normalized spacial score (nSPS) is 14.0. The summed E-state index contributed by atoms with van der Waals surface area (Å²) in [4.78, 5) is 35.2. The van der Waals surface area contributed by atoms with Crippen molar-refractivity contribution in [3.63, 3.8) is 0 Å².